The molecule has 9 heteroatoms. The average molecular weight is 410 g/mol. The summed E-state index contributed by atoms with van der Waals surface area (Å²) in [4.78, 5) is 20.4. The van der Waals surface area contributed by atoms with E-state index in [-0.39, 0.29) is 11.5 Å². The third kappa shape index (κ3) is 4.35. The zero-order valence-electron chi connectivity index (χ0n) is 16.3. The van der Waals surface area contributed by atoms with Crippen LogP contribution in [0.3, 0.4) is 0 Å². The van der Waals surface area contributed by atoms with Gasteiger partial charge in [-0.3, -0.25) is 4.79 Å². The van der Waals surface area contributed by atoms with Crippen LogP contribution in [-0.2, 0) is 0 Å². The van der Waals surface area contributed by atoms with E-state index in [2.05, 4.69) is 20.5 Å². The standard InChI is InChI=1S/C21H20F2N6O/c1-14-2-5-18(24-13-14)25-19-6-7-20(27-26-19)28-8-10-29(11-9-28)21(30)15-3-4-16(22)17(23)12-15/h2-7,12-13H,8-11H2,1H3,(H,24,25,26). The Kier molecular flexibility index (Phi) is 5.51. The molecular weight excluding hydrogens is 390 g/mol. The number of aryl methyl sites for hydroxylation is 1. The molecule has 0 saturated carbocycles. The normalized spacial score (nSPS) is 14.0. The smallest absolute Gasteiger partial charge is 0.254 e. The van der Waals surface area contributed by atoms with Crippen LogP contribution in [0.4, 0.5) is 26.2 Å². The molecule has 1 aliphatic heterocycles. The van der Waals surface area contributed by atoms with Gasteiger partial charge in [0.2, 0.25) is 0 Å². The Hall–Kier alpha value is -3.62. The van der Waals surface area contributed by atoms with E-state index in [1.54, 1.807) is 11.1 Å². The van der Waals surface area contributed by atoms with E-state index < -0.39 is 11.6 Å². The number of anilines is 3. The largest absolute Gasteiger partial charge is 0.352 e. The lowest BCUT2D eigenvalue weighted by Crippen LogP contribution is -2.49. The number of nitrogens with zero attached hydrogens (tertiary/aromatic N) is 5. The number of carbonyl (C=O) groups excluding carboxylic acids is 1. The van der Waals surface area contributed by atoms with Gasteiger partial charge < -0.3 is 15.1 Å². The molecule has 1 saturated heterocycles. The quantitative estimate of drug-likeness (QED) is 0.712. The minimum atomic E-state index is -1.02. The summed E-state index contributed by atoms with van der Waals surface area (Å²) < 4.78 is 26.5. The van der Waals surface area contributed by atoms with Gasteiger partial charge >= 0.3 is 0 Å². The molecule has 1 fully saturated rings. The number of piperazine rings is 1. The summed E-state index contributed by atoms with van der Waals surface area (Å²) in [6.45, 7) is 4.00. The Morgan fingerprint density at radius 3 is 2.33 bits per heavy atom. The van der Waals surface area contributed by atoms with Gasteiger partial charge in [-0.05, 0) is 48.9 Å². The number of pyridine rings is 1. The third-order valence-corrected chi connectivity index (χ3v) is 4.88. The first-order chi connectivity index (χ1) is 14.5. The molecule has 0 aliphatic carbocycles. The predicted octanol–water partition coefficient (Wildman–Crippen LogP) is 3.16. The molecule has 3 aromatic rings. The maximum atomic E-state index is 13.4. The van der Waals surface area contributed by atoms with Crippen LogP contribution in [-0.4, -0.2) is 52.2 Å². The van der Waals surface area contributed by atoms with E-state index in [1.165, 1.54) is 6.07 Å². The van der Waals surface area contributed by atoms with E-state index in [0.717, 1.165) is 17.7 Å². The monoisotopic (exact) mass is 410 g/mol. The molecule has 0 unspecified atom stereocenters. The van der Waals surface area contributed by atoms with E-state index >= 15 is 0 Å². The van der Waals surface area contributed by atoms with Crippen molar-refractivity contribution in [2.75, 3.05) is 36.4 Å². The Bertz CT molecular complexity index is 1030. The first kappa shape index (κ1) is 19.7. The average Bonchev–Trinajstić information content (AvgIpc) is 2.77. The van der Waals surface area contributed by atoms with Crippen LogP contribution >= 0.6 is 0 Å². The second kappa shape index (κ2) is 8.40. The first-order valence-corrected chi connectivity index (χ1v) is 9.52. The maximum Gasteiger partial charge on any atom is 0.254 e. The number of rotatable bonds is 4. The van der Waals surface area contributed by atoms with Crippen LogP contribution in [0.5, 0.6) is 0 Å². The summed E-state index contributed by atoms with van der Waals surface area (Å²) in [6, 6.07) is 10.7. The molecule has 154 valence electrons. The number of hydrogen-bond donors (Lipinski definition) is 1. The first-order valence-electron chi connectivity index (χ1n) is 9.52. The SMILES string of the molecule is Cc1ccc(Nc2ccc(N3CCN(C(=O)c4ccc(F)c(F)c4)CC3)nn2)nc1. The number of amides is 1. The molecule has 0 atom stereocenters. The minimum absolute atomic E-state index is 0.141. The highest BCUT2D eigenvalue weighted by Gasteiger charge is 2.23. The molecule has 0 radical (unpaired) electrons. The van der Waals surface area contributed by atoms with Crippen molar-refractivity contribution in [3.05, 3.63) is 71.4 Å². The lowest BCUT2D eigenvalue weighted by Gasteiger charge is -2.35. The van der Waals surface area contributed by atoms with Gasteiger partial charge in [-0.25, -0.2) is 13.8 Å². The number of benzene rings is 1. The molecule has 1 amide bonds. The lowest BCUT2D eigenvalue weighted by molar-refractivity contribution is 0.0746. The topological polar surface area (TPSA) is 74.2 Å². The fraction of sp³-hybridized carbons (Fsp3) is 0.238. The van der Waals surface area contributed by atoms with Crippen LogP contribution in [0.2, 0.25) is 0 Å². The van der Waals surface area contributed by atoms with Crippen molar-refractivity contribution >= 4 is 23.4 Å². The molecular formula is C21H20F2N6O. The molecule has 3 heterocycles. The lowest BCUT2D eigenvalue weighted by atomic mass is 10.1. The summed E-state index contributed by atoms with van der Waals surface area (Å²) in [5.41, 5.74) is 1.21. The summed E-state index contributed by atoms with van der Waals surface area (Å²) in [5, 5.41) is 11.5. The molecule has 7 nitrogen and oxygen atoms in total. The maximum absolute atomic E-state index is 13.4. The summed E-state index contributed by atoms with van der Waals surface area (Å²) in [6.07, 6.45) is 1.77. The van der Waals surface area contributed by atoms with Crippen molar-refractivity contribution in [1.29, 1.82) is 0 Å². The predicted molar refractivity (Wildman–Crippen MR) is 109 cm³/mol. The fourth-order valence-electron chi connectivity index (χ4n) is 3.18. The Morgan fingerprint density at radius 1 is 0.933 bits per heavy atom. The van der Waals surface area contributed by atoms with Gasteiger partial charge in [0.15, 0.2) is 23.3 Å². The van der Waals surface area contributed by atoms with E-state index in [9.17, 15) is 13.6 Å². The van der Waals surface area contributed by atoms with Crippen molar-refractivity contribution in [3.63, 3.8) is 0 Å². The Balaban J connectivity index is 1.35. The molecule has 30 heavy (non-hydrogen) atoms. The zero-order chi connectivity index (χ0) is 21.1. The molecule has 1 N–H and O–H groups in total. The van der Waals surface area contributed by atoms with Crippen molar-refractivity contribution in [2.24, 2.45) is 0 Å². The molecule has 1 aliphatic rings. The number of halogens is 2. The highest BCUT2D eigenvalue weighted by Crippen LogP contribution is 2.18. The highest BCUT2D eigenvalue weighted by atomic mass is 19.2. The van der Waals surface area contributed by atoms with Crippen LogP contribution in [0.15, 0.2) is 48.7 Å². The third-order valence-electron chi connectivity index (χ3n) is 4.88. The van der Waals surface area contributed by atoms with Crippen LogP contribution < -0.4 is 10.2 Å². The minimum Gasteiger partial charge on any atom is -0.352 e. The summed E-state index contributed by atoms with van der Waals surface area (Å²) >= 11 is 0. The second-order valence-electron chi connectivity index (χ2n) is 7.03. The highest BCUT2D eigenvalue weighted by molar-refractivity contribution is 5.94. The van der Waals surface area contributed by atoms with Crippen molar-refractivity contribution in [3.8, 4) is 0 Å². The molecule has 0 bridgehead atoms. The van der Waals surface area contributed by atoms with Gasteiger partial charge in [0, 0.05) is 37.9 Å². The molecule has 4 rings (SSSR count). The van der Waals surface area contributed by atoms with Gasteiger partial charge in [-0.15, -0.1) is 10.2 Å². The second-order valence-corrected chi connectivity index (χ2v) is 7.03. The number of carbonyl (C=O) groups is 1. The van der Waals surface area contributed by atoms with Gasteiger partial charge in [0.25, 0.3) is 5.91 Å². The molecule has 0 spiro atoms. The number of hydrogen-bond acceptors (Lipinski definition) is 6. The van der Waals surface area contributed by atoms with Crippen molar-refractivity contribution in [2.45, 2.75) is 6.92 Å². The Labute approximate surface area is 172 Å². The number of aromatic nitrogens is 3. The van der Waals surface area contributed by atoms with E-state index in [4.69, 9.17) is 0 Å². The number of nitrogens with one attached hydrogen (secondary N) is 1. The molecule has 2 aromatic heterocycles. The van der Waals surface area contributed by atoms with E-state index in [1.807, 2.05) is 36.1 Å². The van der Waals surface area contributed by atoms with Gasteiger partial charge in [-0.1, -0.05) is 6.07 Å². The summed E-state index contributed by atoms with van der Waals surface area (Å²) in [5.74, 6) is -0.327. The van der Waals surface area contributed by atoms with E-state index in [0.29, 0.717) is 43.6 Å². The van der Waals surface area contributed by atoms with Gasteiger partial charge in [0.05, 0.1) is 0 Å². The van der Waals surface area contributed by atoms with Crippen LogP contribution in [0, 0.1) is 18.6 Å². The summed E-state index contributed by atoms with van der Waals surface area (Å²) in [7, 11) is 0. The van der Waals surface area contributed by atoms with Gasteiger partial charge in [0.1, 0.15) is 5.82 Å². The fourth-order valence-corrected chi connectivity index (χ4v) is 3.18. The van der Waals surface area contributed by atoms with Crippen molar-refractivity contribution in [1.82, 2.24) is 20.1 Å². The van der Waals surface area contributed by atoms with Crippen LogP contribution in [0.1, 0.15) is 15.9 Å². The van der Waals surface area contributed by atoms with Crippen LogP contribution in [0.25, 0.3) is 0 Å². The Morgan fingerprint density at radius 2 is 1.70 bits per heavy atom. The van der Waals surface area contributed by atoms with Gasteiger partial charge in [-0.2, -0.15) is 0 Å². The van der Waals surface area contributed by atoms with Crippen molar-refractivity contribution < 1.29 is 13.6 Å². The zero-order valence-corrected chi connectivity index (χ0v) is 16.3. The molecule has 1 aromatic carbocycles.